The monoisotopic (exact) mass is 336 g/mol. The molecule has 0 saturated carbocycles. The molecule has 124 valence electrons. The summed E-state index contributed by atoms with van der Waals surface area (Å²) in [7, 11) is -2.42. The molecule has 0 aliphatic heterocycles. The van der Waals surface area contributed by atoms with Gasteiger partial charge in [0.1, 0.15) is 0 Å². The van der Waals surface area contributed by atoms with E-state index in [9.17, 15) is 13.2 Å². The third kappa shape index (κ3) is 4.00. The summed E-state index contributed by atoms with van der Waals surface area (Å²) in [5, 5.41) is 2.49. The predicted molar refractivity (Wildman–Crippen MR) is 86.8 cm³/mol. The number of hydrogen-bond acceptors (Lipinski definition) is 4. The van der Waals surface area contributed by atoms with Gasteiger partial charge in [0.2, 0.25) is 5.09 Å². The summed E-state index contributed by atoms with van der Waals surface area (Å²) < 4.78 is 30.4. The molecule has 0 spiro atoms. The van der Waals surface area contributed by atoms with Gasteiger partial charge in [0, 0.05) is 12.0 Å². The fourth-order valence-corrected chi connectivity index (χ4v) is 2.71. The second-order valence-electron chi connectivity index (χ2n) is 5.76. The quantitative estimate of drug-likeness (QED) is 0.843. The Morgan fingerprint density at radius 3 is 2.39 bits per heavy atom. The minimum Gasteiger partial charge on any atom is -0.438 e. The Morgan fingerprint density at radius 2 is 1.78 bits per heavy atom. The summed E-state index contributed by atoms with van der Waals surface area (Å²) in [6, 6.07) is 12.4. The van der Waals surface area contributed by atoms with Gasteiger partial charge in [0.15, 0.2) is 5.76 Å². The van der Waals surface area contributed by atoms with Gasteiger partial charge in [-0.1, -0.05) is 44.2 Å². The molecule has 0 atom stereocenters. The van der Waals surface area contributed by atoms with Gasteiger partial charge in [-0.05, 0) is 24.7 Å². The van der Waals surface area contributed by atoms with Gasteiger partial charge in [-0.2, -0.15) is 0 Å². The van der Waals surface area contributed by atoms with Crippen LogP contribution >= 0.6 is 0 Å². The molecule has 0 aliphatic rings. The van der Waals surface area contributed by atoms with E-state index in [2.05, 4.69) is 10.0 Å². The van der Waals surface area contributed by atoms with Gasteiger partial charge in [-0.3, -0.25) is 4.79 Å². The number of benzene rings is 1. The normalized spacial score (nSPS) is 12.1. The molecule has 2 N–H and O–H groups in total. The van der Waals surface area contributed by atoms with Crippen molar-refractivity contribution in [3.8, 4) is 0 Å². The van der Waals surface area contributed by atoms with Crippen LogP contribution in [-0.2, 0) is 15.4 Å². The summed E-state index contributed by atoms with van der Waals surface area (Å²) in [6.07, 6.45) is 0. The lowest BCUT2D eigenvalue weighted by Crippen LogP contribution is -2.36. The van der Waals surface area contributed by atoms with Gasteiger partial charge < -0.3 is 9.73 Å². The zero-order chi connectivity index (χ0) is 17.1. The molecule has 2 rings (SSSR count). The molecule has 1 amide bonds. The molecule has 1 aromatic carbocycles. The standard InChI is InChI=1S/C16H20N2O4S/c1-16(2,12-7-5-4-6-8-12)11-18-15(19)13-9-10-14(22-13)23(20,21)17-3/h4-10,17H,11H2,1-3H3,(H,18,19). The number of carbonyl (C=O) groups is 1. The molecule has 6 nitrogen and oxygen atoms in total. The van der Waals surface area contributed by atoms with Crippen molar-refractivity contribution in [2.24, 2.45) is 0 Å². The molecular weight excluding hydrogens is 316 g/mol. The first-order chi connectivity index (χ1) is 10.8. The lowest BCUT2D eigenvalue weighted by atomic mass is 9.84. The molecule has 0 unspecified atom stereocenters. The molecule has 2 aromatic rings. The Morgan fingerprint density at radius 1 is 1.13 bits per heavy atom. The molecule has 0 saturated heterocycles. The van der Waals surface area contributed by atoms with Crippen LogP contribution in [0.3, 0.4) is 0 Å². The maximum atomic E-state index is 12.1. The highest BCUT2D eigenvalue weighted by Crippen LogP contribution is 2.22. The summed E-state index contributed by atoms with van der Waals surface area (Å²) in [5.41, 5.74) is 0.835. The van der Waals surface area contributed by atoms with Gasteiger partial charge >= 0.3 is 0 Å². The van der Waals surface area contributed by atoms with Crippen molar-refractivity contribution in [1.29, 1.82) is 0 Å². The molecule has 0 fully saturated rings. The second kappa shape index (κ2) is 6.55. The Labute approximate surface area is 135 Å². The zero-order valence-electron chi connectivity index (χ0n) is 13.3. The number of furan rings is 1. The maximum Gasteiger partial charge on any atom is 0.287 e. The lowest BCUT2D eigenvalue weighted by molar-refractivity contribution is 0.0912. The van der Waals surface area contributed by atoms with E-state index in [1.54, 1.807) is 0 Å². The summed E-state index contributed by atoms with van der Waals surface area (Å²) >= 11 is 0. The van der Waals surface area contributed by atoms with Crippen molar-refractivity contribution in [1.82, 2.24) is 10.0 Å². The Balaban J connectivity index is 2.06. The smallest absolute Gasteiger partial charge is 0.287 e. The van der Waals surface area contributed by atoms with Crippen molar-refractivity contribution in [3.05, 3.63) is 53.8 Å². The van der Waals surface area contributed by atoms with Crippen LogP contribution in [0.1, 0.15) is 30.0 Å². The maximum absolute atomic E-state index is 12.1. The summed E-state index contributed by atoms with van der Waals surface area (Å²) in [5.74, 6) is -0.491. The fourth-order valence-electron chi connectivity index (χ4n) is 2.07. The molecule has 7 heteroatoms. The van der Waals surface area contributed by atoms with E-state index in [1.807, 2.05) is 44.2 Å². The van der Waals surface area contributed by atoms with E-state index >= 15 is 0 Å². The minimum absolute atomic E-state index is 0.0392. The van der Waals surface area contributed by atoms with Crippen molar-refractivity contribution in [2.75, 3.05) is 13.6 Å². The molecule has 0 bridgehead atoms. The van der Waals surface area contributed by atoms with Crippen molar-refractivity contribution in [2.45, 2.75) is 24.4 Å². The largest absolute Gasteiger partial charge is 0.438 e. The molecular formula is C16H20N2O4S. The minimum atomic E-state index is -3.69. The van der Waals surface area contributed by atoms with E-state index in [1.165, 1.54) is 19.2 Å². The predicted octanol–water partition coefficient (Wildman–Crippen LogP) is 1.90. The first kappa shape index (κ1) is 17.2. The zero-order valence-corrected chi connectivity index (χ0v) is 14.1. The van der Waals surface area contributed by atoms with E-state index in [-0.39, 0.29) is 16.3 Å². The SMILES string of the molecule is CNS(=O)(=O)c1ccc(C(=O)NCC(C)(C)c2ccccc2)o1. The fraction of sp³-hybridized carbons (Fsp3) is 0.312. The number of carbonyl (C=O) groups excluding carboxylic acids is 1. The first-order valence-corrected chi connectivity index (χ1v) is 8.62. The number of nitrogens with one attached hydrogen (secondary N) is 2. The highest BCUT2D eigenvalue weighted by molar-refractivity contribution is 7.89. The van der Waals surface area contributed by atoms with E-state index < -0.39 is 15.9 Å². The topological polar surface area (TPSA) is 88.4 Å². The van der Waals surface area contributed by atoms with Crippen LogP contribution in [0, 0.1) is 0 Å². The van der Waals surface area contributed by atoms with Crippen molar-refractivity contribution in [3.63, 3.8) is 0 Å². The highest BCUT2D eigenvalue weighted by atomic mass is 32.2. The Hall–Kier alpha value is -2.12. The first-order valence-electron chi connectivity index (χ1n) is 7.13. The van der Waals surface area contributed by atoms with E-state index in [0.29, 0.717) is 6.54 Å². The highest BCUT2D eigenvalue weighted by Gasteiger charge is 2.23. The van der Waals surface area contributed by atoms with Gasteiger partial charge in [0.05, 0.1) is 0 Å². The van der Waals surface area contributed by atoms with Crippen LogP contribution in [-0.4, -0.2) is 27.9 Å². The molecule has 0 aliphatic carbocycles. The molecule has 1 heterocycles. The third-order valence-electron chi connectivity index (χ3n) is 3.58. The van der Waals surface area contributed by atoms with Gasteiger partial charge in [-0.15, -0.1) is 0 Å². The van der Waals surface area contributed by atoms with Crippen LogP contribution < -0.4 is 10.0 Å². The van der Waals surface area contributed by atoms with Crippen molar-refractivity contribution < 1.29 is 17.6 Å². The Bertz CT molecular complexity index is 779. The van der Waals surface area contributed by atoms with Crippen LogP contribution in [0.15, 0.2) is 52.0 Å². The van der Waals surface area contributed by atoms with Crippen LogP contribution in [0.25, 0.3) is 0 Å². The average Bonchev–Trinajstić information content (AvgIpc) is 3.04. The van der Waals surface area contributed by atoms with E-state index in [0.717, 1.165) is 5.56 Å². The molecule has 23 heavy (non-hydrogen) atoms. The molecule has 0 radical (unpaired) electrons. The van der Waals surface area contributed by atoms with Gasteiger partial charge in [-0.25, -0.2) is 13.1 Å². The second-order valence-corrected chi connectivity index (χ2v) is 7.58. The van der Waals surface area contributed by atoms with Crippen molar-refractivity contribution >= 4 is 15.9 Å². The molecule has 1 aromatic heterocycles. The third-order valence-corrected chi connectivity index (χ3v) is 4.87. The van der Waals surface area contributed by atoms with Crippen LogP contribution in [0.4, 0.5) is 0 Å². The van der Waals surface area contributed by atoms with Gasteiger partial charge in [0.25, 0.3) is 15.9 Å². The number of rotatable bonds is 6. The lowest BCUT2D eigenvalue weighted by Gasteiger charge is -2.25. The number of hydrogen-bond donors (Lipinski definition) is 2. The number of amides is 1. The summed E-state index contributed by atoms with van der Waals surface area (Å²) in [4.78, 5) is 12.1. The summed E-state index contributed by atoms with van der Waals surface area (Å²) in [6.45, 7) is 4.42. The average molecular weight is 336 g/mol. The number of sulfonamides is 1. The van der Waals surface area contributed by atoms with Crippen LogP contribution in [0.5, 0.6) is 0 Å². The Kier molecular flexibility index (Phi) is 4.91. The van der Waals surface area contributed by atoms with Crippen LogP contribution in [0.2, 0.25) is 0 Å². The van der Waals surface area contributed by atoms with E-state index in [4.69, 9.17) is 4.42 Å².